The largest absolute Gasteiger partial charge is 0.496 e. The van der Waals surface area contributed by atoms with Crippen molar-refractivity contribution < 1.29 is 18.7 Å². The molecule has 0 saturated carbocycles. The number of nitrogens with zero attached hydrogens (tertiary/aromatic N) is 1. The first-order chi connectivity index (χ1) is 9.92. The summed E-state index contributed by atoms with van der Waals surface area (Å²) in [6.07, 6.45) is 0.218. The Hall–Kier alpha value is -2.11. The SMILES string of the molecule is COc1ccc(F)cc1[C@@H](C)NC(=O)[C@H]1CC(=O)N(C)C1. The van der Waals surface area contributed by atoms with E-state index in [0.29, 0.717) is 17.9 Å². The first-order valence-electron chi connectivity index (χ1n) is 6.80. The summed E-state index contributed by atoms with van der Waals surface area (Å²) >= 11 is 0. The van der Waals surface area contributed by atoms with Crippen molar-refractivity contribution in [3.63, 3.8) is 0 Å². The molecule has 0 aromatic heterocycles. The van der Waals surface area contributed by atoms with Gasteiger partial charge >= 0.3 is 0 Å². The van der Waals surface area contributed by atoms with Crippen LogP contribution in [-0.2, 0) is 9.59 Å². The number of amides is 2. The molecule has 1 heterocycles. The minimum absolute atomic E-state index is 0.0360. The van der Waals surface area contributed by atoms with Gasteiger partial charge in [-0.15, -0.1) is 0 Å². The number of hydrogen-bond acceptors (Lipinski definition) is 3. The summed E-state index contributed by atoms with van der Waals surface area (Å²) in [5.74, 6) is -0.464. The van der Waals surface area contributed by atoms with E-state index in [-0.39, 0.29) is 30.0 Å². The van der Waals surface area contributed by atoms with Gasteiger partial charge in [0.2, 0.25) is 11.8 Å². The second-order valence-corrected chi connectivity index (χ2v) is 5.29. The first kappa shape index (κ1) is 15.3. The molecule has 1 aromatic carbocycles. The number of hydrogen-bond donors (Lipinski definition) is 1. The van der Waals surface area contributed by atoms with Gasteiger partial charge in [0.15, 0.2) is 0 Å². The molecule has 1 aliphatic rings. The Bertz CT molecular complexity index is 562. The lowest BCUT2D eigenvalue weighted by Crippen LogP contribution is -2.34. The second kappa shape index (κ2) is 6.11. The predicted octanol–water partition coefficient (Wildman–Crippen LogP) is 1.49. The van der Waals surface area contributed by atoms with Gasteiger partial charge in [0.25, 0.3) is 0 Å². The molecule has 0 unspecified atom stereocenters. The van der Waals surface area contributed by atoms with Crippen molar-refractivity contribution in [2.24, 2.45) is 5.92 Å². The highest BCUT2D eigenvalue weighted by atomic mass is 19.1. The molecular formula is C15H19FN2O3. The Morgan fingerprint density at radius 2 is 2.24 bits per heavy atom. The van der Waals surface area contributed by atoms with Crippen LogP contribution in [-0.4, -0.2) is 37.4 Å². The topological polar surface area (TPSA) is 58.6 Å². The van der Waals surface area contributed by atoms with Crippen LogP contribution in [0.2, 0.25) is 0 Å². The predicted molar refractivity (Wildman–Crippen MR) is 75.3 cm³/mol. The van der Waals surface area contributed by atoms with E-state index in [0.717, 1.165) is 0 Å². The maximum Gasteiger partial charge on any atom is 0.225 e. The first-order valence-corrected chi connectivity index (χ1v) is 6.80. The fourth-order valence-electron chi connectivity index (χ4n) is 2.49. The van der Waals surface area contributed by atoms with Crippen molar-refractivity contribution in [1.29, 1.82) is 0 Å². The summed E-state index contributed by atoms with van der Waals surface area (Å²) in [4.78, 5) is 25.2. The van der Waals surface area contributed by atoms with Gasteiger partial charge in [-0.2, -0.15) is 0 Å². The fraction of sp³-hybridized carbons (Fsp3) is 0.467. The molecule has 1 fully saturated rings. The van der Waals surface area contributed by atoms with Crippen molar-refractivity contribution in [2.75, 3.05) is 20.7 Å². The summed E-state index contributed by atoms with van der Waals surface area (Å²) in [5, 5.41) is 2.82. The van der Waals surface area contributed by atoms with E-state index in [4.69, 9.17) is 4.74 Å². The third kappa shape index (κ3) is 3.32. The standard InChI is InChI=1S/C15H19FN2O3/c1-9(12-7-11(16)4-5-13(12)21-3)17-15(20)10-6-14(19)18(2)8-10/h4-5,7,9-10H,6,8H2,1-3H3,(H,17,20)/t9-,10+/m1/s1. The molecule has 1 saturated heterocycles. The number of halogens is 1. The lowest BCUT2D eigenvalue weighted by molar-refractivity contribution is -0.128. The van der Waals surface area contributed by atoms with Crippen LogP contribution in [0.15, 0.2) is 18.2 Å². The molecule has 0 radical (unpaired) electrons. The van der Waals surface area contributed by atoms with E-state index in [1.165, 1.54) is 30.2 Å². The van der Waals surface area contributed by atoms with Crippen LogP contribution in [0.4, 0.5) is 4.39 Å². The number of methoxy groups -OCH3 is 1. The number of carbonyl (C=O) groups is 2. The molecule has 0 bridgehead atoms. The molecule has 21 heavy (non-hydrogen) atoms. The van der Waals surface area contributed by atoms with Crippen molar-refractivity contribution >= 4 is 11.8 Å². The second-order valence-electron chi connectivity index (χ2n) is 5.29. The highest BCUT2D eigenvalue weighted by molar-refractivity contribution is 5.89. The van der Waals surface area contributed by atoms with E-state index in [9.17, 15) is 14.0 Å². The van der Waals surface area contributed by atoms with E-state index in [2.05, 4.69) is 5.32 Å². The van der Waals surface area contributed by atoms with Crippen molar-refractivity contribution in [2.45, 2.75) is 19.4 Å². The molecular weight excluding hydrogens is 275 g/mol. The number of carbonyl (C=O) groups excluding carboxylic acids is 2. The van der Waals surface area contributed by atoms with E-state index >= 15 is 0 Å². The van der Waals surface area contributed by atoms with Gasteiger partial charge in [0, 0.05) is 25.6 Å². The highest BCUT2D eigenvalue weighted by Gasteiger charge is 2.32. The highest BCUT2D eigenvalue weighted by Crippen LogP contribution is 2.26. The number of nitrogens with one attached hydrogen (secondary N) is 1. The summed E-state index contributed by atoms with van der Waals surface area (Å²) in [7, 11) is 3.17. The Labute approximate surface area is 123 Å². The van der Waals surface area contributed by atoms with Crippen LogP contribution in [0.1, 0.15) is 24.9 Å². The van der Waals surface area contributed by atoms with Crippen LogP contribution >= 0.6 is 0 Å². The Balaban J connectivity index is 2.08. The summed E-state index contributed by atoms with van der Waals surface area (Å²) in [6, 6.07) is 3.78. The Morgan fingerprint density at radius 1 is 1.52 bits per heavy atom. The number of benzene rings is 1. The Morgan fingerprint density at radius 3 is 2.81 bits per heavy atom. The molecule has 2 amide bonds. The van der Waals surface area contributed by atoms with Crippen molar-refractivity contribution in [3.05, 3.63) is 29.6 Å². The van der Waals surface area contributed by atoms with Crippen LogP contribution in [0.25, 0.3) is 0 Å². The van der Waals surface area contributed by atoms with Gasteiger partial charge in [0.1, 0.15) is 11.6 Å². The van der Waals surface area contributed by atoms with Crippen molar-refractivity contribution in [1.82, 2.24) is 10.2 Å². The average Bonchev–Trinajstić information content (AvgIpc) is 2.78. The van der Waals surface area contributed by atoms with Gasteiger partial charge in [-0.3, -0.25) is 9.59 Å². The molecule has 2 atom stereocenters. The van der Waals surface area contributed by atoms with Crippen molar-refractivity contribution in [3.8, 4) is 5.75 Å². The summed E-state index contributed by atoms with van der Waals surface area (Å²) in [5.41, 5.74) is 0.573. The van der Waals surface area contributed by atoms with E-state index in [1.54, 1.807) is 14.0 Å². The fourth-order valence-corrected chi connectivity index (χ4v) is 2.49. The quantitative estimate of drug-likeness (QED) is 0.915. The number of likely N-dealkylation sites (tertiary alicyclic amines) is 1. The van der Waals surface area contributed by atoms with Crippen LogP contribution in [0, 0.1) is 11.7 Å². The zero-order chi connectivity index (χ0) is 15.6. The lowest BCUT2D eigenvalue weighted by Gasteiger charge is -2.19. The third-order valence-electron chi connectivity index (χ3n) is 3.73. The minimum atomic E-state index is -0.399. The van der Waals surface area contributed by atoms with Gasteiger partial charge in [-0.1, -0.05) is 0 Å². The maximum atomic E-state index is 13.4. The lowest BCUT2D eigenvalue weighted by atomic mass is 10.0. The van der Waals surface area contributed by atoms with Gasteiger partial charge in [-0.25, -0.2) is 4.39 Å². The molecule has 6 heteroatoms. The third-order valence-corrected chi connectivity index (χ3v) is 3.73. The molecule has 1 N–H and O–H groups in total. The normalized spacial score (nSPS) is 19.5. The molecule has 5 nitrogen and oxygen atoms in total. The average molecular weight is 294 g/mol. The number of rotatable bonds is 4. The zero-order valence-electron chi connectivity index (χ0n) is 12.4. The summed E-state index contributed by atoms with van der Waals surface area (Å²) < 4.78 is 18.5. The van der Waals surface area contributed by atoms with Gasteiger partial charge in [-0.05, 0) is 25.1 Å². The number of ether oxygens (including phenoxy) is 1. The van der Waals surface area contributed by atoms with Crippen LogP contribution < -0.4 is 10.1 Å². The zero-order valence-corrected chi connectivity index (χ0v) is 12.4. The van der Waals surface area contributed by atoms with E-state index in [1.807, 2.05) is 0 Å². The van der Waals surface area contributed by atoms with Crippen LogP contribution in [0.3, 0.4) is 0 Å². The Kier molecular flexibility index (Phi) is 4.45. The molecule has 0 aliphatic carbocycles. The monoisotopic (exact) mass is 294 g/mol. The molecule has 1 aromatic rings. The molecule has 0 spiro atoms. The van der Waals surface area contributed by atoms with E-state index < -0.39 is 6.04 Å². The summed E-state index contributed by atoms with van der Waals surface area (Å²) in [6.45, 7) is 2.17. The van der Waals surface area contributed by atoms with Gasteiger partial charge < -0.3 is 15.0 Å². The minimum Gasteiger partial charge on any atom is -0.496 e. The smallest absolute Gasteiger partial charge is 0.225 e. The molecule has 114 valence electrons. The molecule has 1 aliphatic heterocycles. The maximum absolute atomic E-state index is 13.4. The van der Waals surface area contributed by atoms with Gasteiger partial charge in [0.05, 0.1) is 19.1 Å². The van der Waals surface area contributed by atoms with Crippen LogP contribution in [0.5, 0.6) is 5.75 Å². The molecule has 2 rings (SSSR count).